The molecule has 0 aliphatic carbocycles. The lowest BCUT2D eigenvalue weighted by Crippen LogP contribution is -1.95. The molecule has 0 fully saturated rings. The third kappa shape index (κ3) is 1.26. The van der Waals surface area contributed by atoms with E-state index in [1.54, 1.807) is 18.2 Å². The summed E-state index contributed by atoms with van der Waals surface area (Å²) in [5, 5.41) is 12.1. The van der Waals surface area contributed by atoms with Crippen molar-refractivity contribution >= 4 is 22.1 Å². The number of nitro groups is 1. The number of nitrogens with two attached hydrogens (primary N) is 1. The molecule has 0 saturated carbocycles. The average Bonchev–Trinajstić information content (AvgIpc) is 2.16. The smallest absolute Gasteiger partial charge is 0.300 e. The van der Waals surface area contributed by atoms with Gasteiger partial charge in [0, 0.05) is 0 Å². The third-order valence-corrected chi connectivity index (χ3v) is 1.98. The molecule has 0 unspecified atom stereocenters. The summed E-state index contributed by atoms with van der Waals surface area (Å²) in [6.45, 7) is 0. The molecule has 0 atom stereocenters. The minimum Gasteiger partial charge on any atom is -0.393 e. The Morgan fingerprint density at radius 1 is 1.36 bits per heavy atom. The predicted octanol–water partition coefficient (Wildman–Crippen LogP) is 2.13. The summed E-state index contributed by atoms with van der Waals surface area (Å²) in [5.41, 5.74) is 5.50. The topological polar surface area (TPSA) is 69.2 Å². The molecule has 0 heterocycles. The highest BCUT2D eigenvalue weighted by atomic mass is 16.6. The normalized spacial score (nSPS) is 10.3. The van der Waals surface area contributed by atoms with Crippen molar-refractivity contribution in [1.82, 2.24) is 0 Å². The average molecular weight is 187 g/mol. The molecular weight excluding hydrogens is 180 g/mol. The number of rotatable bonds is 1. The lowest BCUT2D eigenvalue weighted by molar-refractivity contribution is -0.384. The van der Waals surface area contributed by atoms with Crippen LogP contribution < -0.4 is 5.73 Å². The van der Waals surface area contributed by atoms with Gasteiger partial charge in [-0.3, -0.25) is 10.1 Å². The second-order valence-corrected chi connectivity index (χ2v) is 2.92. The highest BCUT2D eigenvalue weighted by molar-refractivity contribution is 5.88. The van der Waals surface area contributed by atoms with Crippen molar-refractivity contribution in [2.24, 2.45) is 0 Å². The van der Waals surface area contributed by atoms with Crippen LogP contribution in [-0.4, -0.2) is 4.92 Å². The lowest BCUT2D eigenvalue weighted by atomic mass is 10.1. The largest absolute Gasteiger partial charge is 0.393 e. The van der Waals surface area contributed by atoms with Gasteiger partial charge in [-0.25, -0.2) is 0 Å². The molecular formula is C10H7N2O2. The highest BCUT2D eigenvalue weighted by Crippen LogP contribution is 2.26. The van der Waals surface area contributed by atoms with Crippen LogP contribution in [0.5, 0.6) is 0 Å². The number of hydrogen-bond donors (Lipinski definition) is 1. The minimum absolute atomic E-state index is 0.147. The van der Waals surface area contributed by atoms with E-state index >= 15 is 0 Å². The molecule has 0 bridgehead atoms. The van der Waals surface area contributed by atoms with Crippen LogP contribution in [0.15, 0.2) is 30.3 Å². The monoisotopic (exact) mass is 187 g/mol. The Kier molecular flexibility index (Phi) is 1.81. The second kappa shape index (κ2) is 2.99. The molecule has 4 heteroatoms. The van der Waals surface area contributed by atoms with Crippen molar-refractivity contribution in [3.05, 3.63) is 46.5 Å². The standard InChI is InChI=1S/C10H7N2O2/c11-9-5-7-3-1-2-4-8(7)6-10(9)12(13)14/h1-5H,11H2. The number of nitrogen functional groups attached to an aromatic ring is 1. The molecule has 0 spiro atoms. The van der Waals surface area contributed by atoms with Gasteiger partial charge in [-0.15, -0.1) is 0 Å². The predicted molar refractivity (Wildman–Crippen MR) is 53.9 cm³/mol. The van der Waals surface area contributed by atoms with Gasteiger partial charge in [0.2, 0.25) is 0 Å². The summed E-state index contributed by atoms with van der Waals surface area (Å²) in [6, 6.07) is 11.5. The zero-order valence-electron chi connectivity index (χ0n) is 7.23. The Balaban J connectivity index is 2.77. The van der Waals surface area contributed by atoms with Crippen LogP contribution in [-0.2, 0) is 0 Å². The maximum atomic E-state index is 10.6. The Morgan fingerprint density at radius 3 is 2.79 bits per heavy atom. The van der Waals surface area contributed by atoms with Crippen molar-refractivity contribution in [1.29, 1.82) is 0 Å². The SMILES string of the molecule is Nc1cc2ccccc2[c]c1[N+](=O)[O-]. The summed E-state index contributed by atoms with van der Waals surface area (Å²) in [6.07, 6.45) is 0. The van der Waals surface area contributed by atoms with Crippen LogP contribution in [0, 0.1) is 16.2 Å². The van der Waals surface area contributed by atoms with Crippen molar-refractivity contribution in [3.63, 3.8) is 0 Å². The quantitative estimate of drug-likeness (QED) is 0.422. The molecule has 69 valence electrons. The fraction of sp³-hybridized carbons (Fsp3) is 0. The van der Waals surface area contributed by atoms with Gasteiger partial charge in [0.25, 0.3) is 0 Å². The summed E-state index contributed by atoms with van der Waals surface area (Å²) in [4.78, 5) is 10.0. The molecule has 0 saturated heterocycles. The van der Waals surface area contributed by atoms with Gasteiger partial charge in [0.05, 0.1) is 11.0 Å². The molecule has 2 aromatic carbocycles. The summed E-state index contributed by atoms with van der Waals surface area (Å²) in [7, 11) is 0. The van der Waals surface area contributed by atoms with Gasteiger partial charge in [0.1, 0.15) is 5.69 Å². The lowest BCUT2D eigenvalue weighted by Gasteiger charge is -1.99. The van der Waals surface area contributed by atoms with E-state index in [9.17, 15) is 10.1 Å². The fourth-order valence-corrected chi connectivity index (χ4v) is 1.32. The van der Waals surface area contributed by atoms with E-state index in [-0.39, 0.29) is 11.4 Å². The van der Waals surface area contributed by atoms with Gasteiger partial charge in [-0.1, -0.05) is 24.3 Å². The molecule has 2 aromatic rings. The molecule has 4 nitrogen and oxygen atoms in total. The number of fused-ring (bicyclic) bond motifs is 1. The van der Waals surface area contributed by atoms with Crippen LogP contribution in [0.1, 0.15) is 0 Å². The number of benzene rings is 2. The summed E-state index contributed by atoms with van der Waals surface area (Å²) in [5.74, 6) is 0. The van der Waals surface area contributed by atoms with Crippen molar-refractivity contribution in [2.45, 2.75) is 0 Å². The number of anilines is 1. The van der Waals surface area contributed by atoms with E-state index in [2.05, 4.69) is 6.07 Å². The van der Waals surface area contributed by atoms with Gasteiger partial charge in [-0.05, 0) is 16.8 Å². The molecule has 2 N–H and O–H groups in total. The highest BCUT2D eigenvalue weighted by Gasteiger charge is 2.12. The van der Waals surface area contributed by atoms with E-state index in [0.29, 0.717) is 5.39 Å². The Hall–Kier alpha value is -2.10. The van der Waals surface area contributed by atoms with Crippen molar-refractivity contribution in [3.8, 4) is 0 Å². The van der Waals surface area contributed by atoms with Gasteiger partial charge in [0.15, 0.2) is 0 Å². The maximum Gasteiger partial charge on any atom is 0.300 e. The van der Waals surface area contributed by atoms with Gasteiger partial charge >= 0.3 is 5.69 Å². The Morgan fingerprint density at radius 2 is 2.07 bits per heavy atom. The first-order chi connectivity index (χ1) is 6.68. The maximum absolute atomic E-state index is 10.6. The molecule has 0 aliphatic rings. The van der Waals surface area contributed by atoms with Crippen LogP contribution in [0.25, 0.3) is 10.8 Å². The van der Waals surface area contributed by atoms with Crippen LogP contribution >= 0.6 is 0 Å². The van der Waals surface area contributed by atoms with E-state index in [4.69, 9.17) is 5.73 Å². The summed E-state index contributed by atoms with van der Waals surface area (Å²) < 4.78 is 0. The van der Waals surface area contributed by atoms with Crippen LogP contribution in [0.4, 0.5) is 11.4 Å². The fourth-order valence-electron chi connectivity index (χ4n) is 1.32. The van der Waals surface area contributed by atoms with Crippen molar-refractivity contribution < 1.29 is 4.92 Å². The first-order valence-corrected chi connectivity index (χ1v) is 4.03. The van der Waals surface area contributed by atoms with E-state index in [0.717, 1.165) is 5.39 Å². The number of nitrogens with zero attached hydrogens (tertiary/aromatic N) is 1. The second-order valence-electron chi connectivity index (χ2n) is 2.92. The Labute approximate surface area is 80.1 Å². The molecule has 0 aliphatic heterocycles. The zero-order chi connectivity index (χ0) is 10.1. The van der Waals surface area contributed by atoms with Gasteiger partial charge in [-0.2, -0.15) is 0 Å². The molecule has 14 heavy (non-hydrogen) atoms. The van der Waals surface area contributed by atoms with E-state index in [1.807, 2.05) is 12.1 Å². The zero-order valence-corrected chi connectivity index (χ0v) is 7.23. The van der Waals surface area contributed by atoms with Gasteiger partial charge < -0.3 is 5.73 Å². The third-order valence-electron chi connectivity index (χ3n) is 1.98. The van der Waals surface area contributed by atoms with Crippen LogP contribution in [0.3, 0.4) is 0 Å². The molecule has 0 amide bonds. The number of nitro benzene ring substituents is 1. The van der Waals surface area contributed by atoms with Crippen molar-refractivity contribution in [2.75, 3.05) is 5.73 Å². The number of hydrogen-bond acceptors (Lipinski definition) is 3. The van der Waals surface area contributed by atoms with Crippen LogP contribution in [0.2, 0.25) is 0 Å². The van der Waals surface area contributed by atoms with E-state index in [1.165, 1.54) is 0 Å². The minimum atomic E-state index is -0.526. The van der Waals surface area contributed by atoms with E-state index < -0.39 is 4.92 Å². The molecule has 2 rings (SSSR count). The first kappa shape index (κ1) is 8.50. The molecule has 1 radical (unpaired) electrons. The summed E-state index contributed by atoms with van der Waals surface area (Å²) >= 11 is 0. The first-order valence-electron chi connectivity index (χ1n) is 4.03. The molecule has 0 aromatic heterocycles. The Bertz CT molecular complexity index is 508.